The van der Waals surface area contributed by atoms with E-state index in [4.69, 9.17) is 18.1 Å². The summed E-state index contributed by atoms with van der Waals surface area (Å²) in [7, 11) is 47.2. The summed E-state index contributed by atoms with van der Waals surface area (Å²) in [4.78, 5) is 29.7. The van der Waals surface area contributed by atoms with E-state index < -0.39 is 38.7 Å². The average molecular weight is 952 g/mol. The van der Waals surface area contributed by atoms with Crippen molar-refractivity contribution < 1.29 is 0 Å². The number of hydrogen-bond acceptors (Lipinski definition) is 16. The number of likely N-dealkylation sites (N-methyl/N-ethyl adjacent to an activating group) is 12. The van der Waals surface area contributed by atoms with Crippen molar-refractivity contribution in [2.45, 2.75) is 71.5 Å². The van der Waals surface area contributed by atoms with Gasteiger partial charge in [-0.05, 0) is 169 Å². The van der Waals surface area contributed by atoms with Crippen molar-refractivity contribution in [2.24, 2.45) is 18.1 Å². The first-order valence-corrected chi connectivity index (χ1v) is 29.6. The molecule has 0 amide bonds. The summed E-state index contributed by atoms with van der Waals surface area (Å²) in [6.07, 6.45) is 8.39. The van der Waals surface area contributed by atoms with Gasteiger partial charge in [0.1, 0.15) is 42.7 Å². The Morgan fingerprint density at radius 3 is 0.557 bits per heavy atom. The Labute approximate surface area is 379 Å². The monoisotopic (exact) mass is 952 g/mol. The maximum Gasteiger partial charge on any atom is 0.655 e. The Hall–Kier alpha value is 0.350. The van der Waals surface area contributed by atoms with Crippen molar-refractivity contribution in [3.63, 3.8) is 0 Å². The third kappa shape index (κ3) is 8.85. The topological polar surface area (TPSA) is 88.3 Å². The lowest BCUT2D eigenvalue weighted by Gasteiger charge is -2.42. The molecule has 4 saturated heterocycles. The van der Waals surface area contributed by atoms with Crippen molar-refractivity contribution in [3.05, 3.63) is 0 Å². The van der Waals surface area contributed by atoms with Crippen LogP contribution in [0.25, 0.3) is 0 Å². The molecular formula is C40H92N16P5+5. The van der Waals surface area contributed by atoms with Gasteiger partial charge in [-0.2, -0.15) is 0 Å². The molecule has 0 bridgehead atoms. The third-order valence-electron chi connectivity index (χ3n) is 14.4. The highest BCUT2D eigenvalue weighted by Crippen LogP contribution is 2.82. The van der Waals surface area contributed by atoms with Gasteiger partial charge in [-0.3, -0.25) is 58.8 Å². The van der Waals surface area contributed by atoms with Gasteiger partial charge in [0.05, 0.1) is 24.2 Å². The smallest absolute Gasteiger partial charge is 0.299 e. The summed E-state index contributed by atoms with van der Waals surface area (Å²) < 4.78 is 26.2. The lowest BCUT2D eigenvalue weighted by Crippen LogP contribution is -2.61. The van der Waals surface area contributed by atoms with Crippen LogP contribution in [0.2, 0.25) is 0 Å². The molecule has 21 heteroatoms. The zero-order valence-electron chi connectivity index (χ0n) is 43.4. The maximum absolute atomic E-state index is 6.55. The van der Waals surface area contributed by atoms with E-state index in [1.165, 1.54) is 0 Å². The molecule has 4 aliphatic rings. The van der Waals surface area contributed by atoms with Crippen LogP contribution in [-0.2, 0) is 0 Å². The molecule has 4 aliphatic heterocycles. The zero-order valence-corrected chi connectivity index (χ0v) is 47.8. The van der Waals surface area contributed by atoms with E-state index >= 15 is 0 Å². The molecule has 8 atom stereocenters. The second-order valence-electron chi connectivity index (χ2n) is 20.4. The number of rotatable bonds is 16. The van der Waals surface area contributed by atoms with E-state index in [9.17, 15) is 0 Å². The van der Waals surface area contributed by atoms with E-state index in [0.29, 0.717) is 24.2 Å². The number of nitrogens with zero attached hydrogens (tertiary/aromatic N) is 16. The average Bonchev–Trinajstić information content (AvgIpc) is 3.89. The predicted octanol–water partition coefficient (Wildman–Crippen LogP) is 5.77. The molecule has 0 saturated carbocycles. The first-order chi connectivity index (χ1) is 28.1. The van der Waals surface area contributed by atoms with Crippen LogP contribution in [0.5, 0.6) is 0 Å². The fourth-order valence-electron chi connectivity index (χ4n) is 12.5. The minimum absolute atomic E-state index is 0.295. The molecule has 0 aromatic carbocycles. The lowest BCUT2D eigenvalue weighted by atomic mass is 10.1. The molecule has 0 aromatic heterocycles. The fourth-order valence-corrected chi connectivity index (χ4v) is 33.2. The minimum Gasteiger partial charge on any atom is -0.299 e. The van der Waals surface area contributed by atoms with Crippen LogP contribution in [0.1, 0.15) is 25.7 Å². The van der Waals surface area contributed by atoms with Gasteiger partial charge in [0, 0.05) is 25.7 Å². The molecule has 4 rings (SSSR count). The molecule has 4 heterocycles. The van der Waals surface area contributed by atoms with Crippen LogP contribution in [-0.4, -0.2) is 298 Å². The highest BCUT2D eigenvalue weighted by atomic mass is 31.3. The second-order valence-corrected chi connectivity index (χ2v) is 31.9. The van der Waals surface area contributed by atoms with Crippen molar-refractivity contribution in [1.29, 1.82) is 0 Å². The van der Waals surface area contributed by atoms with E-state index in [2.05, 4.69) is 228 Å². The molecule has 0 spiro atoms. The van der Waals surface area contributed by atoms with Crippen LogP contribution in [0.15, 0.2) is 18.1 Å². The summed E-state index contributed by atoms with van der Waals surface area (Å²) in [6.45, 7) is 0. The standard InChI is InChI=1S/C40H92N16P5/c1-45(2)33-25-29-57(37(33,49(9)10)50(11)12)41-61(42-58-30-26-34(46(3)4)38(58,51(13)14)52(15)16,43-59-31-27-35(47(5)6)39(59,53(17)18)54(19)20)44-60-32-28-36(48(7)8)40(60,55(21)22)56(23)24/h33-36H,25-32H2,1-24H3/q+5. The first-order valence-electron chi connectivity index (χ1n) is 22.1. The summed E-state index contributed by atoms with van der Waals surface area (Å²) in [5, 5.41) is -1.26. The molecule has 0 N–H and O–H groups in total. The quantitative estimate of drug-likeness (QED) is 0.139. The second kappa shape index (κ2) is 20.3. The molecule has 0 aromatic rings. The van der Waals surface area contributed by atoms with Crippen molar-refractivity contribution in [3.8, 4) is 0 Å². The molecule has 352 valence electrons. The Bertz CT molecular complexity index is 1370. The largest absolute Gasteiger partial charge is 0.655 e. The third-order valence-corrected chi connectivity index (χ3v) is 31.9. The van der Waals surface area contributed by atoms with E-state index in [-0.39, 0.29) is 21.6 Å². The van der Waals surface area contributed by atoms with Gasteiger partial charge >= 0.3 is 7.87 Å². The summed E-state index contributed by atoms with van der Waals surface area (Å²) in [5.74, 6) is 0. The molecule has 0 aliphatic carbocycles. The minimum atomic E-state index is -3.23. The highest BCUT2D eigenvalue weighted by molar-refractivity contribution is 7.84. The Morgan fingerprint density at radius 1 is 0.295 bits per heavy atom. The summed E-state index contributed by atoms with van der Waals surface area (Å²) in [6, 6.07) is 1.18. The number of hydrogen-bond donors (Lipinski definition) is 0. The normalized spacial score (nSPS) is 30.4. The van der Waals surface area contributed by atoms with E-state index in [1.807, 2.05) is 0 Å². The maximum atomic E-state index is 6.55. The predicted molar refractivity (Wildman–Crippen MR) is 273 cm³/mol. The van der Waals surface area contributed by atoms with Gasteiger partial charge in [-0.15, -0.1) is 0 Å². The van der Waals surface area contributed by atoms with Crippen LogP contribution in [0, 0.1) is 0 Å². The molecule has 16 nitrogen and oxygen atoms in total. The van der Waals surface area contributed by atoms with Crippen LogP contribution >= 0.6 is 38.7 Å². The molecule has 8 unspecified atom stereocenters. The van der Waals surface area contributed by atoms with E-state index in [0.717, 1.165) is 50.3 Å². The summed E-state index contributed by atoms with van der Waals surface area (Å²) >= 11 is 0. The lowest BCUT2D eigenvalue weighted by molar-refractivity contribution is 0.0192. The van der Waals surface area contributed by atoms with Crippen molar-refractivity contribution in [1.82, 2.24) is 58.8 Å². The van der Waals surface area contributed by atoms with E-state index in [1.54, 1.807) is 0 Å². The van der Waals surface area contributed by atoms with Crippen LogP contribution in [0.4, 0.5) is 0 Å². The summed E-state index contributed by atoms with van der Waals surface area (Å²) in [5.41, 5.74) is 0. The van der Waals surface area contributed by atoms with Gasteiger partial charge in [0.2, 0.25) is 0 Å². The molecule has 0 radical (unpaired) electrons. The molecule has 61 heavy (non-hydrogen) atoms. The SMILES string of the molecule is CN(C)C1CC[P+](=N[P+](N=[P+]2CCC(N(C)C)C2(N(C)C)N(C)C)(N=[P+]2CCC(N(C)C)C2(N(C)C)N(C)C)N=[P+]2CCC(N(C)C)C2(N(C)C)N(C)C)C1(N(C)C)N(C)C. The first kappa shape index (κ1) is 54.0. The Kier molecular flexibility index (Phi) is 18.0. The van der Waals surface area contributed by atoms with Gasteiger partial charge in [0.25, 0.3) is 52.5 Å². The van der Waals surface area contributed by atoms with Crippen LogP contribution < -0.4 is 0 Å². The zero-order chi connectivity index (χ0) is 46.5. The van der Waals surface area contributed by atoms with Gasteiger partial charge < -0.3 is 0 Å². The highest BCUT2D eigenvalue weighted by Gasteiger charge is 2.76. The Balaban J connectivity index is 2.42. The van der Waals surface area contributed by atoms with Crippen molar-refractivity contribution >= 4 is 38.7 Å². The fraction of sp³-hybridized carbons (Fsp3) is 1.00. The Morgan fingerprint density at radius 2 is 0.443 bits per heavy atom. The van der Waals surface area contributed by atoms with Gasteiger partial charge in [-0.1, -0.05) is 0 Å². The molecular weight excluding hydrogens is 859 g/mol. The van der Waals surface area contributed by atoms with Crippen molar-refractivity contribution in [2.75, 3.05) is 194 Å². The molecule has 4 fully saturated rings. The van der Waals surface area contributed by atoms with Gasteiger partial charge in [-0.25, -0.2) is 0 Å². The van der Waals surface area contributed by atoms with Gasteiger partial charge in [0.15, 0.2) is 0 Å². The van der Waals surface area contributed by atoms with Crippen LogP contribution in [0.3, 0.4) is 0 Å².